The maximum Gasteiger partial charge on any atom is 0.256 e. The van der Waals surface area contributed by atoms with Gasteiger partial charge in [-0.2, -0.15) is 0 Å². The second-order valence-electron chi connectivity index (χ2n) is 13.4. The number of hydrogen-bond donors (Lipinski definition) is 0. The highest BCUT2D eigenvalue weighted by molar-refractivity contribution is 6.00. The number of aromatic nitrogens is 2. The highest BCUT2D eigenvalue weighted by Gasteiger charge is 2.51. The average Bonchev–Trinajstić information content (AvgIpc) is 3.52. The van der Waals surface area contributed by atoms with Gasteiger partial charge in [0.05, 0.1) is 23.0 Å². The van der Waals surface area contributed by atoms with E-state index in [1.165, 1.54) is 29.5 Å². The number of fused-ring (bicyclic) bond motifs is 1. The summed E-state index contributed by atoms with van der Waals surface area (Å²) in [6.45, 7) is 9.62. The van der Waals surface area contributed by atoms with Gasteiger partial charge >= 0.3 is 0 Å². The third kappa shape index (κ3) is 4.81. The first-order valence-electron chi connectivity index (χ1n) is 15.9. The van der Waals surface area contributed by atoms with E-state index in [-0.39, 0.29) is 23.2 Å². The lowest BCUT2D eigenvalue weighted by molar-refractivity contribution is -0.130. The molecule has 1 saturated carbocycles. The molecule has 3 saturated heterocycles. The Morgan fingerprint density at radius 1 is 1.02 bits per heavy atom. The number of halogens is 1. The summed E-state index contributed by atoms with van der Waals surface area (Å²) in [6, 6.07) is 4.65. The maximum atomic E-state index is 14.6. The lowest BCUT2D eigenvalue weighted by atomic mass is 9.67. The molecule has 8 heteroatoms. The van der Waals surface area contributed by atoms with E-state index in [2.05, 4.69) is 27.6 Å². The van der Waals surface area contributed by atoms with Gasteiger partial charge in [0.15, 0.2) is 0 Å². The second-order valence-corrected chi connectivity index (χ2v) is 13.4. The Morgan fingerprint density at radius 3 is 2.50 bits per heavy atom. The summed E-state index contributed by atoms with van der Waals surface area (Å²) >= 11 is 0. The van der Waals surface area contributed by atoms with Gasteiger partial charge in [-0.1, -0.05) is 0 Å². The van der Waals surface area contributed by atoms with Crippen LogP contribution in [-0.2, 0) is 11.2 Å². The number of aryl methyl sites for hydroxylation is 1. The van der Waals surface area contributed by atoms with Gasteiger partial charge in [-0.25, -0.2) is 4.39 Å². The van der Waals surface area contributed by atoms with Crippen molar-refractivity contribution in [1.29, 1.82) is 0 Å². The Morgan fingerprint density at radius 2 is 1.81 bits per heavy atom. The maximum absolute atomic E-state index is 14.6. The van der Waals surface area contributed by atoms with E-state index in [4.69, 9.17) is 0 Å². The fourth-order valence-electron chi connectivity index (χ4n) is 8.14. The van der Waals surface area contributed by atoms with Crippen LogP contribution in [0.1, 0.15) is 73.4 Å². The zero-order chi connectivity index (χ0) is 29.0. The fourth-order valence-corrected chi connectivity index (χ4v) is 8.14. The molecule has 7 nitrogen and oxygen atoms in total. The van der Waals surface area contributed by atoms with Crippen LogP contribution in [0.5, 0.6) is 0 Å². The Labute approximate surface area is 247 Å². The summed E-state index contributed by atoms with van der Waals surface area (Å²) in [5.74, 6) is 0.978. The van der Waals surface area contributed by atoms with Gasteiger partial charge in [0.25, 0.3) is 5.91 Å². The third-order valence-electron chi connectivity index (χ3n) is 10.8. The van der Waals surface area contributed by atoms with Crippen molar-refractivity contribution in [3.05, 3.63) is 59.3 Å². The third-order valence-corrected chi connectivity index (χ3v) is 10.8. The second kappa shape index (κ2) is 10.8. The minimum absolute atomic E-state index is 0.00150. The van der Waals surface area contributed by atoms with Crippen molar-refractivity contribution in [2.75, 3.05) is 39.3 Å². The Hall–Kier alpha value is -3.26. The van der Waals surface area contributed by atoms with Crippen LogP contribution < -0.4 is 0 Å². The normalized spacial score (nSPS) is 22.5. The number of carbonyl (C=O) groups excluding carboxylic acids is 2. The van der Waals surface area contributed by atoms with Gasteiger partial charge in [-0.05, 0) is 106 Å². The zero-order valence-corrected chi connectivity index (χ0v) is 24.9. The number of nitrogens with zero attached hydrogens (tertiary/aromatic N) is 5. The van der Waals surface area contributed by atoms with Gasteiger partial charge in [0.2, 0.25) is 5.91 Å². The first-order chi connectivity index (χ1) is 20.3. The summed E-state index contributed by atoms with van der Waals surface area (Å²) < 4.78 is 16.7. The summed E-state index contributed by atoms with van der Waals surface area (Å²) in [7, 11) is 0. The number of piperidine rings is 1. The minimum Gasteiger partial charge on any atom is -0.343 e. The van der Waals surface area contributed by atoms with E-state index in [1.807, 2.05) is 22.2 Å². The summed E-state index contributed by atoms with van der Waals surface area (Å²) in [5.41, 5.74) is 4.54. The van der Waals surface area contributed by atoms with Crippen molar-refractivity contribution in [2.24, 2.45) is 11.8 Å². The number of carbonyl (C=O) groups is 2. The topological polar surface area (TPSA) is 61.7 Å². The van der Waals surface area contributed by atoms with Crippen molar-refractivity contribution in [3.8, 4) is 5.69 Å². The summed E-state index contributed by atoms with van der Waals surface area (Å²) in [5, 5.41) is 1.20. The molecule has 3 aromatic rings. The molecule has 4 fully saturated rings. The van der Waals surface area contributed by atoms with Gasteiger partial charge in [-0.3, -0.25) is 14.6 Å². The number of amides is 2. The van der Waals surface area contributed by atoms with Crippen LogP contribution in [0.2, 0.25) is 0 Å². The summed E-state index contributed by atoms with van der Waals surface area (Å²) in [4.78, 5) is 36.6. The van der Waals surface area contributed by atoms with Crippen LogP contribution >= 0.6 is 0 Å². The van der Waals surface area contributed by atoms with Crippen LogP contribution in [0.4, 0.5) is 4.39 Å². The van der Waals surface area contributed by atoms with E-state index < -0.39 is 0 Å². The number of pyridine rings is 1. The SMILES string of the molecule is CC(=O)N1CCC(CN2CC[C@@H](Cc3cn(-c4ccc(F)cc4C(=O)N4CCC45CCC5)c4cncc(C)c34)C2)CC1. The molecule has 7 rings (SSSR count). The van der Waals surface area contributed by atoms with Crippen LogP contribution in [-0.4, -0.2) is 80.9 Å². The molecule has 42 heavy (non-hydrogen) atoms. The van der Waals surface area contributed by atoms with E-state index in [9.17, 15) is 14.0 Å². The van der Waals surface area contributed by atoms with E-state index in [0.29, 0.717) is 17.4 Å². The van der Waals surface area contributed by atoms with E-state index in [1.54, 1.807) is 13.0 Å². The molecule has 1 aliphatic carbocycles. The van der Waals surface area contributed by atoms with Gasteiger partial charge in [0, 0.05) is 63.0 Å². The smallest absolute Gasteiger partial charge is 0.256 e. The lowest BCUT2D eigenvalue weighted by Gasteiger charge is -2.58. The largest absolute Gasteiger partial charge is 0.343 e. The summed E-state index contributed by atoms with van der Waals surface area (Å²) in [6.07, 6.45) is 14.6. The molecule has 2 aromatic heterocycles. The molecule has 0 N–H and O–H groups in total. The Bertz CT molecular complexity index is 1510. The molecule has 4 aliphatic rings. The molecule has 0 unspecified atom stereocenters. The minimum atomic E-state index is -0.380. The number of hydrogen-bond acceptors (Lipinski definition) is 4. The number of benzene rings is 1. The van der Waals surface area contributed by atoms with Crippen LogP contribution in [0.15, 0.2) is 36.8 Å². The Kier molecular flexibility index (Phi) is 7.08. The first kappa shape index (κ1) is 27.6. The molecular weight excluding hydrogens is 529 g/mol. The highest BCUT2D eigenvalue weighted by atomic mass is 19.1. The van der Waals surface area contributed by atoms with Crippen LogP contribution in [0.25, 0.3) is 16.6 Å². The molecule has 0 radical (unpaired) electrons. The molecule has 1 spiro atoms. The van der Waals surface area contributed by atoms with Gasteiger partial charge in [-0.15, -0.1) is 0 Å². The fraction of sp³-hybridized carbons (Fsp3) is 0.559. The molecule has 222 valence electrons. The quantitative estimate of drug-likeness (QED) is 0.400. The van der Waals surface area contributed by atoms with Crippen LogP contribution in [0, 0.1) is 24.6 Å². The molecule has 1 atom stereocenters. The van der Waals surface area contributed by atoms with Gasteiger partial charge in [0.1, 0.15) is 5.82 Å². The van der Waals surface area contributed by atoms with Crippen molar-refractivity contribution >= 4 is 22.7 Å². The first-order valence-corrected chi connectivity index (χ1v) is 15.9. The number of rotatable bonds is 6. The zero-order valence-electron chi connectivity index (χ0n) is 24.9. The van der Waals surface area contributed by atoms with Gasteiger partial charge < -0.3 is 19.3 Å². The van der Waals surface area contributed by atoms with E-state index in [0.717, 1.165) is 101 Å². The molecule has 0 bridgehead atoms. The average molecular weight is 572 g/mol. The molecule has 1 aromatic carbocycles. The number of likely N-dealkylation sites (tertiary alicyclic amines) is 3. The van der Waals surface area contributed by atoms with E-state index >= 15 is 0 Å². The highest BCUT2D eigenvalue weighted by Crippen LogP contribution is 2.48. The predicted molar refractivity (Wildman–Crippen MR) is 161 cm³/mol. The molecule has 5 heterocycles. The Balaban J connectivity index is 1.12. The van der Waals surface area contributed by atoms with Crippen molar-refractivity contribution < 1.29 is 14.0 Å². The molecule has 3 aliphatic heterocycles. The molecular formula is C34H42FN5O2. The van der Waals surface area contributed by atoms with Crippen molar-refractivity contribution in [2.45, 2.75) is 70.8 Å². The van der Waals surface area contributed by atoms with Crippen LogP contribution in [0.3, 0.4) is 0 Å². The predicted octanol–water partition coefficient (Wildman–Crippen LogP) is 5.36. The lowest BCUT2D eigenvalue weighted by Crippen LogP contribution is -2.65. The molecule has 2 amide bonds. The monoisotopic (exact) mass is 571 g/mol. The standard InChI is InChI=1S/C34H42FN5O2/c1-23-18-36-19-31-32(23)27(16-26-6-12-37(21-26)20-25-7-13-38(14-8-25)24(2)41)22-39(31)30-5-4-28(35)17-29(30)33(42)40-15-11-34(40)9-3-10-34/h4-5,17-19,22,25-26H,3,6-16,20-21H2,1-2H3/t26-/m0/s1. The van der Waals surface area contributed by atoms with Crippen molar-refractivity contribution in [1.82, 2.24) is 24.3 Å². The van der Waals surface area contributed by atoms with Crippen molar-refractivity contribution in [3.63, 3.8) is 0 Å².